The third-order valence-corrected chi connectivity index (χ3v) is 2.62. The molecule has 0 spiro atoms. The molecule has 0 saturated carbocycles. The highest BCUT2D eigenvalue weighted by atomic mass is 32.2. The van der Waals surface area contributed by atoms with Gasteiger partial charge in [-0.1, -0.05) is 0 Å². The van der Waals surface area contributed by atoms with Gasteiger partial charge in [-0.3, -0.25) is 0 Å². The van der Waals surface area contributed by atoms with Crippen LogP contribution in [-0.2, 0) is 15.8 Å². The molecule has 0 atom stereocenters. The number of phenolic OH excluding ortho intramolecular Hbond substituents is 1. The average molecular weight is 247 g/mol. The van der Waals surface area contributed by atoms with E-state index in [9.17, 15) is 13.5 Å². The number of rotatable bonds is 4. The standard InChI is InChI=1S/C9H13NO5S/c1-14-8-4-6(5-16(10,12)13)3-7(11)9(8)15-2/h3-4,11H,5H2,1-2H3,(H2,10,12,13). The second-order valence-electron chi connectivity index (χ2n) is 3.16. The van der Waals surface area contributed by atoms with E-state index >= 15 is 0 Å². The lowest BCUT2D eigenvalue weighted by Crippen LogP contribution is -2.14. The SMILES string of the molecule is COc1cc(CS(N)(=O)=O)cc(O)c1OC. The van der Waals surface area contributed by atoms with Crippen molar-refractivity contribution < 1.29 is 23.0 Å². The van der Waals surface area contributed by atoms with Crippen LogP contribution in [0.1, 0.15) is 5.56 Å². The molecule has 6 nitrogen and oxygen atoms in total. The van der Waals surface area contributed by atoms with Crippen molar-refractivity contribution in [2.75, 3.05) is 14.2 Å². The van der Waals surface area contributed by atoms with Gasteiger partial charge in [0.05, 0.1) is 20.0 Å². The van der Waals surface area contributed by atoms with Crippen molar-refractivity contribution in [2.24, 2.45) is 5.14 Å². The van der Waals surface area contributed by atoms with Gasteiger partial charge in [0.2, 0.25) is 15.8 Å². The Bertz CT molecular complexity index is 483. The molecule has 0 fully saturated rings. The molecule has 7 heteroatoms. The summed E-state index contributed by atoms with van der Waals surface area (Å²) in [6.07, 6.45) is 0. The molecule has 0 radical (unpaired) electrons. The van der Waals surface area contributed by atoms with Gasteiger partial charge in [-0.05, 0) is 17.7 Å². The number of ether oxygens (including phenoxy) is 2. The third kappa shape index (κ3) is 3.01. The fourth-order valence-electron chi connectivity index (χ4n) is 1.32. The quantitative estimate of drug-likeness (QED) is 0.791. The summed E-state index contributed by atoms with van der Waals surface area (Å²) in [4.78, 5) is 0. The first-order valence-electron chi connectivity index (χ1n) is 4.31. The van der Waals surface area contributed by atoms with Crippen molar-refractivity contribution in [3.8, 4) is 17.2 Å². The van der Waals surface area contributed by atoms with Crippen molar-refractivity contribution in [1.29, 1.82) is 0 Å². The predicted molar refractivity (Wildman–Crippen MR) is 58.0 cm³/mol. The van der Waals surface area contributed by atoms with Crippen LogP contribution in [0.5, 0.6) is 17.2 Å². The first-order chi connectivity index (χ1) is 7.37. The highest BCUT2D eigenvalue weighted by Gasteiger charge is 2.14. The van der Waals surface area contributed by atoms with Crippen LogP contribution < -0.4 is 14.6 Å². The van der Waals surface area contributed by atoms with Crippen molar-refractivity contribution in [2.45, 2.75) is 5.75 Å². The maximum atomic E-state index is 10.9. The van der Waals surface area contributed by atoms with E-state index in [0.29, 0.717) is 5.56 Å². The second kappa shape index (κ2) is 4.58. The van der Waals surface area contributed by atoms with E-state index in [1.165, 1.54) is 26.4 Å². The molecule has 0 amide bonds. The number of phenols is 1. The summed E-state index contributed by atoms with van der Waals surface area (Å²) >= 11 is 0. The lowest BCUT2D eigenvalue weighted by molar-refractivity contribution is 0.332. The van der Waals surface area contributed by atoms with E-state index in [-0.39, 0.29) is 23.0 Å². The van der Waals surface area contributed by atoms with Gasteiger partial charge in [0.15, 0.2) is 11.5 Å². The Morgan fingerprint density at radius 3 is 2.38 bits per heavy atom. The summed E-state index contributed by atoms with van der Waals surface area (Å²) in [5, 5.41) is 14.5. The van der Waals surface area contributed by atoms with Gasteiger partial charge in [-0.25, -0.2) is 13.6 Å². The largest absolute Gasteiger partial charge is 0.504 e. The van der Waals surface area contributed by atoms with Crippen LogP contribution in [0.2, 0.25) is 0 Å². The lowest BCUT2D eigenvalue weighted by Gasteiger charge is -2.11. The van der Waals surface area contributed by atoms with E-state index in [1.54, 1.807) is 0 Å². The number of benzene rings is 1. The highest BCUT2D eigenvalue weighted by Crippen LogP contribution is 2.37. The van der Waals surface area contributed by atoms with Gasteiger partial charge in [-0.15, -0.1) is 0 Å². The third-order valence-electron chi connectivity index (χ3n) is 1.89. The van der Waals surface area contributed by atoms with E-state index in [4.69, 9.17) is 14.6 Å². The van der Waals surface area contributed by atoms with Gasteiger partial charge in [0.1, 0.15) is 0 Å². The van der Waals surface area contributed by atoms with Crippen LogP contribution in [-0.4, -0.2) is 27.7 Å². The van der Waals surface area contributed by atoms with Crippen LogP contribution >= 0.6 is 0 Å². The normalized spacial score (nSPS) is 11.2. The molecule has 0 saturated heterocycles. The second-order valence-corrected chi connectivity index (χ2v) is 4.77. The van der Waals surface area contributed by atoms with Crippen molar-refractivity contribution in [1.82, 2.24) is 0 Å². The number of hydrogen-bond donors (Lipinski definition) is 2. The van der Waals surface area contributed by atoms with Gasteiger partial charge in [-0.2, -0.15) is 0 Å². The molecule has 3 N–H and O–H groups in total. The zero-order valence-corrected chi connectivity index (χ0v) is 9.74. The van der Waals surface area contributed by atoms with Gasteiger partial charge in [0.25, 0.3) is 0 Å². The highest BCUT2D eigenvalue weighted by molar-refractivity contribution is 7.88. The average Bonchev–Trinajstić information content (AvgIpc) is 2.14. The van der Waals surface area contributed by atoms with Crippen molar-refractivity contribution in [3.63, 3.8) is 0 Å². The minimum atomic E-state index is -3.65. The number of sulfonamides is 1. The number of hydrogen-bond acceptors (Lipinski definition) is 5. The number of aromatic hydroxyl groups is 1. The van der Waals surface area contributed by atoms with Gasteiger partial charge in [0, 0.05) is 0 Å². The summed E-state index contributed by atoms with van der Waals surface area (Å²) < 4.78 is 31.6. The molecule has 0 unspecified atom stereocenters. The predicted octanol–water partition coefficient (Wildman–Crippen LogP) is 0.198. The van der Waals surface area contributed by atoms with Gasteiger partial charge < -0.3 is 14.6 Å². The van der Waals surface area contributed by atoms with E-state index in [0.717, 1.165) is 0 Å². The molecule has 0 aliphatic heterocycles. The summed E-state index contributed by atoms with van der Waals surface area (Å²) in [6.45, 7) is 0. The zero-order valence-electron chi connectivity index (χ0n) is 8.93. The molecule has 16 heavy (non-hydrogen) atoms. The van der Waals surface area contributed by atoms with Crippen molar-refractivity contribution >= 4 is 10.0 Å². The van der Waals surface area contributed by atoms with Crippen LogP contribution in [0.25, 0.3) is 0 Å². The number of nitrogens with two attached hydrogens (primary N) is 1. The van der Waals surface area contributed by atoms with Crippen molar-refractivity contribution in [3.05, 3.63) is 17.7 Å². The number of methoxy groups -OCH3 is 2. The molecular weight excluding hydrogens is 234 g/mol. The monoisotopic (exact) mass is 247 g/mol. The molecule has 0 aliphatic carbocycles. The molecule has 0 heterocycles. The summed E-state index contributed by atoms with van der Waals surface area (Å²) in [7, 11) is -0.887. The summed E-state index contributed by atoms with van der Waals surface area (Å²) in [5.74, 6) is -0.164. The van der Waals surface area contributed by atoms with E-state index in [1.807, 2.05) is 0 Å². The maximum Gasteiger partial charge on any atom is 0.213 e. The Morgan fingerprint density at radius 2 is 1.94 bits per heavy atom. The molecule has 1 rings (SSSR count). The Morgan fingerprint density at radius 1 is 1.31 bits per heavy atom. The molecule has 0 bridgehead atoms. The number of primary sulfonamides is 1. The lowest BCUT2D eigenvalue weighted by atomic mass is 10.2. The topological polar surface area (TPSA) is 98.9 Å². The Labute approximate surface area is 93.6 Å². The Balaban J connectivity index is 3.20. The first-order valence-corrected chi connectivity index (χ1v) is 6.03. The molecule has 90 valence electrons. The van der Waals surface area contributed by atoms with Crippen LogP contribution in [0.15, 0.2) is 12.1 Å². The molecule has 0 aliphatic rings. The summed E-state index contributed by atoms with van der Waals surface area (Å²) in [6, 6.07) is 2.72. The molecule has 1 aromatic rings. The van der Waals surface area contributed by atoms with Gasteiger partial charge >= 0.3 is 0 Å². The minimum Gasteiger partial charge on any atom is -0.504 e. The molecule has 0 aromatic heterocycles. The summed E-state index contributed by atoms with van der Waals surface area (Å²) in [5.41, 5.74) is 0.331. The maximum absolute atomic E-state index is 10.9. The fourth-order valence-corrected chi connectivity index (χ4v) is 1.95. The fraction of sp³-hybridized carbons (Fsp3) is 0.333. The molecule has 1 aromatic carbocycles. The Hall–Kier alpha value is -1.47. The van der Waals surface area contributed by atoms with E-state index in [2.05, 4.69) is 0 Å². The first kappa shape index (κ1) is 12.6. The molecular formula is C9H13NO5S. The van der Waals surface area contributed by atoms with Crippen LogP contribution in [0.4, 0.5) is 0 Å². The van der Waals surface area contributed by atoms with Crippen LogP contribution in [0.3, 0.4) is 0 Å². The zero-order chi connectivity index (χ0) is 12.3. The smallest absolute Gasteiger partial charge is 0.213 e. The van der Waals surface area contributed by atoms with E-state index < -0.39 is 10.0 Å². The Kier molecular flexibility index (Phi) is 3.61. The minimum absolute atomic E-state index is 0.153. The van der Waals surface area contributed by atoms with Crippen LogP contribution in [0, 0.1) is 0 Å².